The molecule has 0 amide bonds. The van der Waals surface area contributed by atoms with Gasteiger partial charge >= 0.3 is 5.97 Å². The Bertz CT molecular complexity index is 546. The Morgan fingerprint density at radius 1 is 1.36 bits per heavy atom. The lowest BCUT2D eigenvalue weighted by molar-refractivity contribution is -0.145. The third-order valence-corrected chi connectivity index (χ3v) is 4.54. The lowest BCUT2D eigenvalue weighted by Crippen LogP contribution is -2.33. The van der Waals surface area contributed by atoms with Gasteiger partial charge in [-0.25, -0.2) is 4.79 Å². The highest BCUT2D eigenvalue weighted by Gasteiger charge is 2.28. The van der Waals surface area contributed by atoms with Crippen molar-refractivity contribution in [3.8, 4) is 0 Å². The van der Waals surface area contributed by atoms with Gasteiger partial charge in [0.2, 0.25) is 0 Å². The van der Waals surface area contributed by atoms with Gasteiger partial charge in [0.25, 0.3) is 0 Å². The number of hydrogen-bond acceptors (Lipinski definition) is 5. The van der Waals surface area contributed by atoms with Gasteiger partial charge in [0.15, 0.2) is 0 Å². The molecule has 1 rings (SSSR count). The number of carbonyl (C=O) groups excluding carboxylic acids is 2. The molecule has 140 valence electrons. The molecule has 0 saturated carbocycles. The van der Waals surface area contributed by atoms with Crippen molar-refractivity contribution >= 4 is 11.8 Å². The van der Waals surface area contributed by atoms with Crippen LogP contribution in [0.4, 0.5) is 0 Å². The number of ketones is 1. The van der Waals surface area contributed by atoms with Crippen LogP contribution in [0.1, 0.15) is 40.5 Å². The Kier molecular flexibility index (Phi) is 8.79. The predicted octanol–water partition coefficient (Wildman–Crippen LogP) is 2.99. The van der Waals surface area contributed by atoms with Crippen LogP contribution >= 0.6 is 0 Å². The number of esters is 1. The Hall–Kier alpha value is -1.72. The maximum atomic E-state index is 12.0. The molecule has 1 aliphatic rings. The zero-order chi connectivity index (χ0) is 19.0. The van der Waals surface area contributed by atoms with E-state index in [4.69, 9.17) is 9.47 Å². The Labute approximate surface area is 150 Å². The van der Waals surface area contributed by atoms with Crippen molar-refractivity contribution in [3.05, 3.63) is 36.0 Å². The lowest BCUT2D eigenvalue weighted by atomic mass is 9.90. The van der Waals surface area contributed by atoms with Crippen molar-refractivity contribution in [1.29, 1.82) is 0 Å². The molecular formula is C20H30O5. The second kappa shape index (κ2) is 10.3. The van der Waals surface area contributed by atoms with Crippen LogP contribution < -0.4 is 0 Å². The van der Waals surface area contributed by atoms with Gasteiger partial charge in [0.05, 0.1) is 12.0 Å². The standard InChI is InChI=1S/C20H30O5/c1-13-12-14(2)20(15(3)16(4)21)25-18(22)11-9-7-6-8-10-17(24-5)19(13)23/h8-13,15,17,19-20,23H,6-7H2,1-5H3/b10-8+,11-9+,14-12-/t13-,15-,17+,19+,20+/m1/s1. The molecule has 0 aromatic heterocycles. The zero-order valence-electron chi connectivity index (χ0n) is 15.8. The first-order chi connectivity index (χ1) is 11.8. The average Bonchev–Trinajstić information content (AvgIpc) is 2.56. The molecule has 0 aromatic rings. The molecule has 0 fully saturated rings. The molecule has 0 aliphatic carbocycles. The van der Waals surface area contributed by atoms with E-state index < -0.39 is 30.2 Å². The summed E-state index contributed by atoms with van der Waals surface area (Å²) in [6.45, 7) is 6.91. The summed E-state index contributed by atoms with van der Waals surface area (Å²) in [5.74, 6) is -1.20. The number of hydrogen-bond donors (Lipinski definition) is 1. The van der Waals surface area contributed by atoms with Gasteiger partial charge in [-0.2, -0.15) is 0 Å². The molecule has 25 heavy (non-hydrogen) atoms. The lowest BCUT2D eigenvalue weighted by Gasteiger charge is -2.26. The second-order valence-corrected chi connectivity index (χ2v) is 6.63. The van der Waals surface area contributed by atoms with Crippen LogP contribution in [-0.2, 0) is 19.1 Å². The number of Topliss-reactive ketones (excluding diaryl/α,β-unsaturated/α-hetero) is 1. The Morgan fingerprint density at radius 2 is 2.00 bits per heavy atom. The summed E-state index contributed by atoms with van der Waals surface area (Å²) in [4.78, 5) is 23.8. The first-order valence-corrected chi connectivity index (χ1v) is 8.71. The van der Waals surface area contributed by atoms with Gasteiger partial charge in [0, 0.05) is 19.1 Å². The summed E-state index contributed by atoms with van der Waals surface area (Å²) < 4.78 is 10.9. The van der Waals surface area contributed by atoms with Gasteiger partial charge in [-0.15, -0.1) is 0 Å². The highest BCUT2D eigenvalue weighted by molar-refractivity contribution is 5.83. The van der Waals surface area contributed by atoms with Gasteiger partial charge < -0.3 is 14.6 Å². The molecule has 0 saturated heterocycles. The van der Waals surface area contributed by atoms with E-state index in [1.54, 1.807) is 20.1 Å². The summed E-state index contributed by atoms with van der Waals surface area (Å²) >= 11 is 0. The third kappa shape index (κ3) is 6.59. The fourth-order valence-electron chi connectivity index (χ4n) is 2.81. The summed E-state index contributed by atoms with van der Waals surface area (Å²) in [6.07, 6.45) is 8.37. The van der Waals surface area contributed by atoms with E-state index in [-0.39, 0.29) is 11.7 Å². The number of carbonyl (C=O) groups is 2. The topological polar surface area (TPSA) is 72.8 Å². The van der Waals surface area contributed by atoms with E-state index in [1.807, 2.05) is 32.1 Å². The van der Waals surface area contributed by atoms with E-state index in [0.29, 0.717) is 6.42 Å². The number of allylic oxidation sites excluding steroid dienone is 2. The Morgan fingerprint density at radius 3 is 2.60 bits per heavy atom. The number of ether oxygens (including phenoxy) is 2. The minimum absolute atomic E-state index is 0.0541. The van der Waals surface area contributed by atoms with Gasteiger partial charge in [-0.1, -0.05) is 38.2 Å². The largest absolute Gasteiger partial charge is 0.454 e. The molecule has 0 aromatic carbocycles. The molecule has 1 heterocycles. The minimum Gasteiger partial charge on any atom is -0.454 e. The predicted molar refractivity (Wildman–Crippen MR) is 97.0 cm³/mol. The summed E-state index contributed by atoms with van der Waals surface area (Å²) in [7, 11) is 1.56. The molecule has 5 heteroatoms. The summed E-state index contributed by atoms with van der Waals surface area (Å²) in [5, 5.41) is 10.5. The van der Waals surface area contributed by atoms with Gasteiger partial charge in [-0.05, 0) is 32.3 Å². The molecule has 1 aliphatic heterocycles. The minimum atomic E-state index is -0.737. The van der Waals surface area contributed by atoms with Crippen LogP contribution in [0.2, 0.25) is 0 Å². The molecular weight excluding hydrogens is 320 g/mol. The van der Waals surface area contributed by atoms with Gasteiger partial charge in [0.1, 0.15) is 18.0 Å². The van der Waals surface area contributed by atoms with E-state index >= 15 is 0 Å². The molecule has 0 spiro atoms. The van der Waals surface area contributed by atoms with Crippen LogP contribution in [-0.4, -0.2) is 42.3 Å². The number of rotatable bonds is 3. The van der Waals surface area contributed by atoms with E-state index in [2.05, 4.69) is 0 Å². The highest BCUT2D eigenvalue weighted by atomic mass is 16.5. The quantitative estimate of drug-likeness (QED) is 0.626. The van der Waals surface area contributed by atoms with Crippen LogP contribution in [0.3, 0.4) is 0 Å². The van der Waals surface area contributed by atoms with Crippen molar-refractivity contribution in [2.75, 3.05) is 7.11 Å². The van der Waals surface area contributed by atoms with E-state index in [0.717, 1.165) is 12.0 Å². The van der Waals surface area contributed by atoms with Gasteiger partial charge in [-0.3, -0.25) is 4.79 Å². The van der Waals surface area contributed by atoms with Crippen molar-refractivity contribution in [2.24, 2.45) is 11.8 Å². The van der Waals surface area contributed by atoms with Crippen molar-refractivity contribution < 1.29 is 24.2 Å². The maximum absolute atomic E-state index is 12.0. The third-order valence-electron chi connectivity index (χ3n) is 4.54. The first-order valence-electron chi connectivity index (χ1n) is 8.71. The highest BCUT2D eigenvalue weighted by Crippen LogP contribution is 2.22. The van der Waals surface area contributed by atoms with E-state index in [1.165, 1.54) is 13.0 Å². The van der Waals surface area contributed by atoms with Crippen molar-refractivity contribution in [1.82, 2.24) is 0 Å². The summed E-state index contributed by atoms with van der Waals surface area (Å²) in [5.41, 5.74) is 0.742. The number of aliphatic hydroxyl groups excluding tert-OH is 1. The zero-order valence-corrected chi connectivity index (χ0v) is 15.8. The van der Waals surface area contributed by atoms with Crippen molar-refractivity contribution in [2.45, 2.75) is 58.8 Å². The maximum Gasteiger partial charge on any atom is 0.331 e. The molecule has 1 N–H and O–H groups in total. The molecule has 0 radical (unpaired) electrons. The van der Waals surface area contributed by atoms with Crippen LogP contribution in [0.25, 0.3) is 0 Å². The number of methoxy groups -OCH3 is 1. The normalized spacial score (nSPS) is 34.8. The molecule has 5 nitrogen and oxygen atoms in total. The Balaban J connectivity index is 3.19. The number of aliphatic hydroxyl groups is 1. The van der Waals surface area contributed by atoms with Crippen molar-refractivity contribution in [3.63, 3.8) is 0 Å². The monoisotopic (exact) mass is 350 g/mol. The smallest absolute Gasteiger partial charge is 0.331 e. The van der Waals surface area contributed by atoms with Crippen LogP contribution in [0, 0.1) is 11.8 Å². The van der Waals surface area contributed by atoms with E-state index in [9.17, 15) is 14.7 Å². The van der Waals surface area contributed by atoms with Crippen LogP contribution in [0.15, 0.2) is 36.0 Å². The second-order valence-electron chi connectivity index (χ2n) is 6.63. The first kappa shape index (κ1) is 21.3. The molecule has 0 bridgehead atoms. The average molecular weight is 350 g/mol. The number of cyclic esters (lactones) is 1. The fraction of sp³-hybridized carbons (Fsp3) is 0.600. The van der Waals surface area contributed by atoms with Crippen LogP contribution in [0.5, 0.6) is 0 Å². The molecule has 5 atom stereocenters. The summed E-state index contributed by atoms with van der Waals surface area (Å²) in [6, 6.07) is 0. The fourth-order valence-corrected chi connectivity index (χ4v) is 2.81. The molecule has 0 unspecified atom stereocenters. The SMILES string of the molecule is CO[C@H]1/C=C/CC/C=C/C(=O)O[C@H]([C@H](C)C(C)=O)/C(C)=C\[C@@H](C)[C@@H]1O.